The van der Waals surface area contributed by atoms with Crippen LogP contribution in [0.5, 0.6) is 0 Å². The molecule has 0 rings (SSSR count). The van der Waals surface area contributed by atoms with E-state index in [-0.39, 0.29) is 32.3 Å². The maximum atomic E-state index is 12.6. The van der Waals surface area contributed by atoms with E-state index in [1.165, 1.54) is 44.9 Å². The molecule has 0 aromatic carbocycles. The average Bonchev–Trinajstić information content (AvgIpc) is 3.15. The number of allylic oxidation sites excluding steroid dienone is 12. The van der Waals surface area contributed by atoms with Crippen molar-refractivity contribution in [3.63, 3.8) is 0 Å². The first kappa shape index (κ1) is 50.9. The van der Waals surface area contributed by atoms with Crippen LogP contribution >= 0.6 is 7.82 Å². The van der Waals surface area contributed by atoms with Gasteiger partial charge < -0.3 is 20.1 Å². The van der Waals surface area contributed by atoms with Gasteiger partial charge in [0, 0.05) is 19.6 Å². The van der Waals surface area contributed by atoms with Gasteiger partial charge in [0.05, 0.1) is 19.8 Å². The van der Waals surface area contributed by atoms with Gasteiger partial charge in [-0.05, 0) is 83.5 Å². The van der Waals surface area contributed by atoms with E-state index in [4.69, 9.17) is 24.3 Å². The minimum Gasteiger partial charge on any atom is -0.457 e. The van der Waals surface area contributed by atoms with E-state index in [9.17, 15) is 14.3 Å². The van der Waals surface area contributed by atoms with E-state index >= 15 is 0 Å². The third kappa shape index (κ3) is 41.0. The summed E-state index contributed by atoms with van der Waals surface area (Å²) in [6.45, 7) is 4.70. The van der Waals surface area contributed by atoms with Gasteiger partial charge in [-0.15, -0.1) is 0 Å². The molecular weight excluding hydrogens is 685 g/mol. The summed E-state index contributed by atoms with van der Waals surface area (Å²) in [6.07, 6.45) is 50.6. The minimum atomic E-state index is -4.29. The molecule has 9 heteroatoms. The Kier molecular flexibility index (Phi) is 39.5. The molecule has 0 heterocycles. The molecule has 0 aromatic heterocycles. The minimum absolute atomic E-state index is 0.0909. The van der Waals surface area contributed by atoms with Crippen molar-refractivity contribution < 1.29 is 32.8 Å². The summed E-state index contributed by atoms with van der Waals surface area (Å²) in [7, 11) is -4.29. The van der Waals surface area contributed by atoms with Crippen molar-refractivity contribution in [3.05, 3.63) is 72.9 Å². The molecule has 0 fully saturated rings. The number of unbranched alkanes of at least 4 members (excludes halogenated alkanes) is 14. The van der Waals surface area contributed by atoms with Crippen LogP contribution in [0.25, 0.3) is 0 Å². The Bertz CT molecular complexity index is 1040. The van der Waals surface area contributed by atoms with E-state index in [2.05, 4.69) is 86.8 Å². The Balaban J connectivity index is 4.13. The van der Waals surface area contributed by atoms with Crippen molar-refractivity contribution in [2.75, 3.05) is 33.0 Å². The fourth-order valence-corrected chi connectivity index (χ4v) is 6.08. The van der Waals surface area contributed by atoms with Crippen molar-refractivity contribution in [1.29, 1.82) is 0 Å². The molecule has 3 N–H and O–H groups in total. The predicted molar refractivity (Wildman–Crippen MR) is 224 cm³/mol. The zero-order valence-electron chi connectivity index (χ0n) is 33.7. The average molecular weight is 764 g/mol. The Morgan fingerprint density at radius 3 is 1.60 bits per heavy atom. The highest BCUT2D eigenvalue weighted by Gasteiger charge is 2.25. The topological polar surface area (TPSA) is 117 Å². The molecule has 0 bridgehead atoms. The normalized spacial score (nSPS) is 14.3. The lowest BCUT2D eigenvalue weighted by molar-refractivity contribution is -0.154. The van der Waals surface area contributed by atoms with Crippen molar-refractivity contribution in [3.8, 4) is 0 Å². The standard InChI is InChI=1S/C44H78NO7P/c1-3-5-7-9-11-13-15-17-19-20-21-22-23-24-26-28-30-32-34-36-39-49-41-43(42-51-53(47,48)50-40-38-45)52-44(46)37-35-33-31-29-27-25-18-16-14-12-10-8-6-4-2/h5,7,11,13,16-19,21-22,24,26,43H,3-4,6,8-10,12,14-15,20,23,25,27-42,45H2,1-2H3,(H,47,48)/b7-5-,13-11-,18-16-,19-17-,22-21-,26-24-. The third-order valence-corrected chi connectivity index (χ3v) is 9.34. The maximum Gasteiger partial charge on any atom is 0.472 e. The van der Waals surface area contributed by atoms with Gasteiger partial charge in [-0.3, -0.25) is 13.8 Å². The summed E-state index contributed by atoms with van der Waals surface area (Å²) < 4.78 is 33.4. The summed E-state index contributed by atoms with van der Waals surface area (Å²) >= 11 is 0. The molecule has 0 aliphatic rings. The Morgan fingerprint density at radius 2 is 1.06 bits per heavy atom. The van der Waals surface area contributed by atoms with Crippen LogP contribution < -0.4 is 5.73 Å². The second kappa shape index (κ2) is 41.1. The van der Waals surface area contributed by atoms with Crippen LogP contribution in [0, 0.1) is 0 Å². The molecule has 0 aromatic rings. The molecular formula is C44H78NO7P. The largest absolute Gasteiger partial charge is 0.472 e. The van der Waals surface area contributed by atoms with Crippen LogP contribution in [0.3, 0.4) is 0 Å². The first-order valence-corrected chi connectivity index (χ1v) is 22.4. The van der Waals surface area contributed by atoms with Crippen LogP contribution in [0.1, 0.15) is 162 Å². The third-order valence-electron chi connectivity index (χ3n) is 8.36. The molecule has 0 aliphatic carbocycles. The second-order valence-corrected chi connectivity index (χ2v) is 14.9. The first-order chi connectivity index (χ1) is 25.9. The van der Waals surface area contributed by atoms with Crippen LogP contribution in [0.4, 0.5) is 0 Å². The van der Waals surface area contributed by atoms with Gasteiger partial charge in [0.25, 0.3) is 0 Å². The maximum absolute atomic E-state index is 12.6. The monoisotopic (exact) mass is 764 g/mol. The van der Waals surface area contributed by atoms with Gasteiger partial charge >= 0.3 is 13.8 Å². The zero-order chi connectivity index (χ0) is 38.8. The molecule has 0 amide bonds. The zero-order valence-corrected chi connectivity index (χ0v) is 34.6. The quantitative estimate of drug-likeness (QED) is 0.0275. The Morgan fingerprint density at radius 1 is 0.585 bits per heavy atom. The van der Waals surface area contributed by atoms with Gasteiger partial charge in [-0.25, -0.2) is 4.57 Å². The highest BCUT2D eigenvalue weighted by Crippen LogP contribution is 2.43. The molecule has 0 saturated heterocycles. The Labute approximate surface area is 325 Å². The smallest absolute Gasteiger partial charge is 0.457 e. The van der Waals surface area contributed by atoms with Crippen LogP contribution in [0.15, 0.2) is 72.9 Å². The van der Waals surface area contributed by atoms with Crippen LogP contribution in [-0.4, -0.2) is 49.9 Å². The van der Waals surface area contributed by atoms with Gasteiger partial charge in [-0.2, -0.15) is 0 Å². The summed E-state index contributed by atoms with van der Waals surface area (Å²) in [5.41, 5.74) is 5.36. The summed E-state index contributed by atoms with van der Waals surface area (Å²) in [5.74, 6) is -0.352. The molecule has 2 atom stereocenters. The lowest BCUT2D eigenvalue weighted by atomic mass is 10.1. The number of carbonyl (C=O) groups excluding carboxylic acids is 1. The lowest BCUT2D eigenvalue weighted by Gasteiger charge is -2.20. The van der Waals surface area contributed by atoms with E-state index < -0.39 is 13.9 Å². The van der Waals surface area contributed by atoms with E-state index in [1.807, 2.05) is 0 Å². The number of phosphoric acid groups is 1. The number of nitrogens with two attached hydrogens (primary N) is 1. The van der Waals surface area contributed by atoms with Crippen molar-refractivity contribution in [2.24, 2.45) is 5.73 Å². The summed E-state index contributed by atoms with van der Waals surface area (Å²) in [5, 5.41) is 0. The Hall–Kier alpha value is -2.06. The number of ether oxygens (including phenoxy) is 2. The van der Waals surface area contributed by atoms with Gasteiger partial charge in [0.1, 0.15) is 6.10 Å². The number of phosphoric ester groups is 1. The van der Waals surface area contributed by atoms with Crippen LogP contribution in [0.2, 0.25) is 0 Å². The number of rotatable bonds is 39. The van der Waals surface area contributed by atoms with Gasteiger partial charge in [0.2, 0.25) is 0 Å². The highest BCUT2D eigenvalue weighted by molar-refractivity contribution is 7.47. The number of hydrogen-bond acceptors (Lipinski definition) is 7. The lowest BCUT2D eigenvalue weighted by Crippen LogP contribution is -2.28. The van der Waals surface area contributed by atoms with E-state index in [1.54, 1.807) is 0 Å². The fourth-order valence-electron chi connectivity index (χ4n) is 5.31. The molecule has 0 radical (unpaired) electrons. The molecule has 0 saturated carbocycles. The van der Waals surface area contributed by atoms with Crippen LogP contribution in [-0.2, 0) is 27.9 Å². The van der Waals surface area contributed by atoms with Crippen molar-refractivity contribution in [2.45, 2.75) is 168 Å². The molecule has 0 spiro atoms. The van der Waals surface area contributed by atoms with E-state index in [0.717, 1.165) is 96.3 Å². The van der Waals surface area contributed by atoms with Gasteiger partial charge in [-0.1, -0.05) is 145 Å². The van der Waals surface area contributed by atoms with Crippen molar-refractivity contribution >= 4 is 13.8 Å². The predicted octanol–water partition coefficient (Wildman–Crippen LogP) is 12.4. The number of hydrogen-bond donors (Lipinski definition) is 2. The fraction of sp³-hybridized carbons (Fsp3) is 0.705. The number of carbonyl (C=O) groups is 1. The highest BCUT2D eigenvalue weighted by atomic mass is 31.2. The molecule has 53 heavy (non-hydrogen) atoms. The molecule has 306 valence electrons. The van der Waals surface area contributed by atoms with E-state index in [0.29, 0.717) is 13.0 Å². The van der Waals surface area contributed by atoms with Crippen molar-refractivity contribution in [1.82, 2.24) is 0 Å². The summed E-state index contributed by atoms with van der Waals surface area (Å²) in [6, 6.07) is 0. The van der Waals surface area contributed by atoms with Gasteiger partial charge in [0.15, 0.2) is 0 Å². The second-order valence-electron chi connectivity index (χ2n) is 13.5. The molecule has 8 nitrogen and oxygen atoms in total. The molecule has 2 unspecified atom stereocenters. The SMILES string of the molecule is CC/C=C\C/C=C\C/C=C\C/C=C\C/C=C\CCCCCCOCC(COP(=O)(O)OCCN)OC(=O)CCCCCCC/C=C\CCCCCCC. The first-order valence-electron chi connectivity index (χ1n) is 20.9. The molecule has 0 aliphatic heterocycles. The summed E-state index contributed by atoms with van der Waals surface area (Å²) in [4.78, 5) is 22.4. The number of esters is 1.